The van der Waals surface area contributed by atoms with E-state index in [2.05, 4.69) is 14.9 Å². The fraction of sp³-hybridized carbons (Fsp3) is 0.444. The average molecular weight is 192 g/mol. The van der Waals surface area contributed by atoms with Crippen molar-refractivity contribution in [3.05, 3.63) is 18.7 Å². The minimum atomic E-state index is 0.776. The normalized spacial score (nSPS) is 16.9. The molecular weight excluding hydrogens is 180 g/mol. The Morgan fingerprint density at radius 3 is 2.36 bits per heavy atom. The Balaban J connectivity index is 1.99. The van der Waals surface area contributed by atoms with Gasteiger partial charge in [-0.3, -0.25) is 4.79 Å². The van der Waals surface area contributed by atoms with Crippen molar-refractivity contribution in [1.29, 1.82) is 0 Å². The summed E-state index contributed by atoms with van der Waals surface area (Å²) in [4.78, 5) is 22.4. The highest BCUT2D eigenvalue weighted by Gasteiger charge is 2.15. The molecule has 2 heterocycles. The van der Waals surface area contributed by atoms with Crippen LogP contribution in [0.3, 0.4) is 0 Å². The van der Waals surface area contributed by atoms with Gasteiger partial charge >= 0.3 is 0 Å². The maximum atomic E-state index is 10.5. The summed E-state index contributed by atoms with van der Waals surface area (Å²) in [5.41, 5.74) is 1.03. The van der Waals surface area contributed by atoms with Crippen LogP contribution >= 0.6 is 0 Å². The van der Waals surface area contributed by atoms with Crippen LogP contribution in [0.15, 0.2) is 18.7 Å². The number of hydrogen-bond donors (Lipinski definition) is 0. The number of amides is 1. The molecule has 0 saturated carbocycles. The Bertz CT molecular complexity index is 295. The molecule has 0 spiro atoms. The van der Waals surface area contributed by atoms with Crippen molar-refractivity contribution < 1.29 is 4.79 Å². The third-order valence-corrected chi connectivity index (χ3v) is 2.38. The summed E-state index contributed by atoms with van der Waals surface area (Å²) in [6.45, 7) is 3.26. The van der Waals surface area contributed by atoms with Crippen LogP contribution in [0.4, 0.5) is 5.69 Å². The van der Waals surface area contributed by atoms with Gasteiger partial charge in [-0.25, -0.2) is 9.97 Å². The van der Waals surface area contributed by atoms with Crippen LogP contribution in [0.25, 0.3) is 0 Å². The van der Waals surface area contributed by atoms with Gasteiger partial charge in [0.15, 0.2) is 0 Å². The second-order valence-electron chi connectivity index (χ2n) is 3.23. The molecule has 1 amide bonds. The Hall–Kier alpha value is -1.65. The summed E-state index contributed by atoms with van der Waals surface area (Å²) in [5, 5.41) is 0. The number of nitrogens with zero attached hydrogens (tertiary/aromatic N) is 4. The highest BCUT2D eigenvalue weighted by atomic mass is 16.1. The third-order valence-electron chi connectivity index (χ3n) is 2.38. The first kappa shape index (κ1) is 8.93. The molecule has 5 nitrogen and oxygen atoms in total. The second-order valence-corrected chi connectivity index (χ2v) is 3.23. The number of anilines is 1. The van der Waals surface area contributed by atoms with Crippen molar-refractivity contribution in [3.8, 4) is 0 Å². The molecule has 1 aromatic rings. The van der Waals surface area contributed by atoms with Crippen LogP contribution in [0.1, 0.15) is 0 Å². The standard InChI is InChI=1S/C9H12N4O/c14-8-12-1-3-13(4-2-12)9-5-10-7-11-6-9/h5-8H,1-4H2. The van der Waals surface area contributed by atoms with Crippen LogP contribution in [0.5, 0.6) is 0 Å². The van der Waals surface area contributed by atoms with Crippen LogP contribution < -0.4 is 4.90 Å². The molecule has 1 aliphatic heterocycles. The summed E-state index contributed by atoms with van der Waals surface area (Å²) < 4.78 is 0. The number of carbonyl (C=O) groups is 1. The van der Waals surface area contributed by atoms with Gasteiger partial charge in [-0.2, -0.15) is 0 Å². The van der Waals surface area contributed by atoms with Gasteiger partial charge in [0.25, 0.3) is 0 Å². The van der Waals surface area contributed by atoms with Gasteiger partial charge < -0.3 is 9.80 Å². The Morgan fingerprint density at radius 2 is 1.79 bits per heavy atom. The summed E-state index contributed by atoms with van der Waals surface area (Å²) >= 11 is 0. The van der Waals surface area contributed by atoms with Crippen LogP contribution in [0, 0.1) is 0 Å². The van der Waals surface area contributed by atoms with Gasteiger partial charge in [0, 0.05) is 26.2 Å². The number of rotatable bonds is 2. The zero-order valence-corrected chi connectivity index (χ0v) is 7.83. The maximum Gasteiger partial charge on any atom is 0.209 e. The van der Waals surface area contributed by atoms with Crippen molar-refractivity contribution >= 4 is 12.1 Å². The molecule has 1 fully saturated rings. The number of hydrogen-bond acceptors (Lipinski definition) is 4. The molecule has 0 unspecified atom stereocenters. The molecule has 0 bridgehead atoms. The molecule has 1 aliphatic rings. The van der Waals surface area contributed by atoms with E-state index < -0.39 is 0 Å². The summed E-state index contributed by atoms with van der Waals surface area (Å²) in [5.74, 6) is 0. The van der Waals surface area contributed by atoms with E-state index in [0.29, 0.717) is 0 Å². The van der Waals surface area contributed by atoms with Gasteiger partial charge in [-0.1, -0.05) is 0 Å². The molecule has 0 N–H and O–H groups in total. The van der Waals surface area contributed by atoms with E-state index in [-0.39, 0.29) is 0 Å². The lowest BCUT2D eigenvalue weighted by Crippen LogP contribution is -2.45. The minimum absolute atomic E-state index is 0.776. The molecule has 1 aromatic heterocycles. The quantitative estimate of drug-likeness (QED) is 0.606. The van der Waals surface area contributed by atoms with Gasteiger partial charge in [0.2, 0.25) is 6.41 Å². The number of aromatic nitrogens is 2. The molecule has 0 aliphatic carbocycles. The lowest BCUT2D eigenvalue weighted by molar-refractivity contribution is -0.118. The van der Waals surface area contributed by atoms with Gasteiger partial charge in [-0.05, 0) is 0 Å². The molecular formula is C9H12N4O. The average Bonchev–Trinajstić information content (AvgIpc) is 2.30. The highest BCUT2D eigenvalue weighted by Crippen LogP contribution is 2.12. The van der Waals surface area contributed by atoms with Gasteiger partial charge in [0.1, 0.15) is 6.33 Å². The van der Waals surface area contributed by atoms with E-state index in [1.54, 1.807) is 17.3 Å². The van der Waals surface area contributed by atoms with Crippen molar-refractivity contribution in [1.82, 2.24) is 14.9 Å². The smallest absolute Gasteiger partial charge is 0.209 e. The Kier molecular flexibility index (Phi) is 2.58. The lowest BCUT2D eigenvalue weighted by atomic mass is 10.3. The van der Waals surface area contributed by atoms with Gasteiger partial charge in [-0.15, -0.1) is 0 Å². The lowest BCUT2D eigenvalue weighted by Gasteiger charge is -2.33. The van der Waals surface area contributed by atoms with Crippen LogP contribution in [-0.2, 0) is 4.79 Å². The summed E-state index contributed by atoms with van der Waals surface area (Å²) in [6.07, 6.45) is 6.01. The van der Waals surface area contributed by atoms with E-state index in [1.165, 1.54) is 6.33 Å². The monoisotopic (exact) mass is 192 g/mol. The van der Waals surface area contributed by atoms with E-state index in [1.807, 2.05) is 0 Å². The fourth-order valence-electron chi connectivity index (χ4n) is 1.54. The SMILES string of the molecule is O=CN1CCN(c2cncnc2)CC1. The summed E-state index contributed by atoms with van der Waals surface area (Å²) in [7, 11) is 0. The molecule has 1 saturated heterocycles. The second kappa shape index (κ2) is 4.04. The Morgan fingerprint density at radius 1 is 1.14 bits per heavy atom. The molecule has 2 rings (SSSR count). The third kappa shape index (κ3) is 1.81. The van der Waals surface area contributed by atoms with Gasteiger partial charge in [0.05, 0.1) is 18.1 Å². The van der Waals surface area contributed by atoms with E-state index in [4.69, 9.17) is 0 Å². The van der Waals surface area contributed by atoms with Crippen molar-refractivity contribution in [2.45, 2.75) is 0 Å². The number of piperazine rings is 1. The van der Waals surface area contributed by atoms with E-state index in [9.17, 15) is 4.79 Å². The molecule has 0 aromatic carbocycles. The first-order valence-corrected chi connectivity index (χ1v) is 4.59. The van der Waals surface area contributed by atoms with E-state index in [0.717, 1.165) is 38.3 Å². The molecule has 14 heavy (non-hydrogen) atoms. The summed E-state index contributed by atoms with van der Waals surface area (Å²) in [6, 6.07) is 0. The van der Waals surface area contributed by atoms with Crippen molar-refractivity contribution in [2.75, 3.05) is 31.1 Å². The topological polar surface area (TPSA) is 49.3 Å². The predicted molar refractivity (Wildman–Crippen MR) is 51.9 cm³/mol. The van der Waals surface area contributed by atoms with E-state index >= 15 is 0 Å². The highest BCUT2D eigenvalue weighted by molar-refractivity contribution is 5.49. The minimum Gasteiger partial charge on any atom is -0.365 e. The first-order valence-electron chi connectivity index (χ1n) is 4.59. The Labute approximate surface area is 82.4 Å². The molecule has 5 heteroatoms. The van der Waals surface area contributed by atoms with Crippen LogP contribution in [0.2, 0.25) is 0 Å². The molecule has 0 atom stereocenters. The first-order chi connectivity index (χ1) is 6.90. The van der Waals surface area contributed by atoms with Crippen molar-refractivity contribution in [2.24, 2.45) is 0 Å². The fourth-order valence-corrected chi connectivity index (χ4v) is 1.54. The van der Waals surface area contributed by atoms with Crippen molar-refractivity contribution in [3.63, 3.8) is 0 Å². The largest absolute Gasteiger partial charge is 0.365 e. The molecule has 74 valence electrons. The molecule has 0 radical (unpaired) electrons. The van der Waals surface area contributed by atoms with Crippen LogP contribution in [-0.4, -0.2) is 47.5 Å². The zero-order chi connectivity index (χ0) is 9.80. The predicted octanol–water partition coefficient (Wildman–Crippen LogP) is -0.245. The maximum absolute atomic E-state index is 10.5. The zero-order valence-electron chi connectivity index (χ0n) is 7.83. The number of carbonyl (C=O) groups excluding carboxylic acids is 1.